The number of aromatic nitrogens is 2. The summed E-state index contributed by atoms with van der Waals surface area (Å²) in [6.07, 6.45) is 2.25. The lowest BCUT2D eigenvalue weighted by Gasteiger charge is -2.28. The van der Waals surface area contributed by atoms with Crippen LogP contribution >= 0.6 is 11.8 Å². The fraction of sp³-hybridized carbons (Fsp3) is 0.667. The zero-order valence-corrected chi connectivity index (χ0v) is 13.8. The summed E-state index contributed by atoms with van der Waals surface area (Å²) in [5.41, 5.74) is 0.938. The highest BCUT2D eigenvalue weighted by atomic mass is 32.2. The van der Waals surface area contributed by atoms with E-state index in [2.05, 4.69) is 14.9 Å². The Balaban J connectivity index is 1.62. The van der Waals surface area contributed by atoms with Crippen molar-refractivity contribution in [3.63, 3.8) is 0 Å². The number of hydrogen-bond acceptors (Lipinski definition) is 6. The minimum Gasteiger partial charge on any atom is -0.378 e. The van der Waals surface area contributed by atoms with Crippen molar-refractivity contribution in [1.82, 2.24) is 14.9 Å². The molecule has 0 bridgehead atoms. The molecule has 0 atom stereocenters. The Morgan fingerprint density at radius 1 is 1.23 bits per heavy atom. The monoisotopic (exact) mass is 322 g/mol. The number of amides is 1. The van der Waals surface area contributed by atoms with Gasteiger partial charge in [0.1, 0.15) is 5.82 Å². The quantitative estimate of drug-likeness (QED) is 0.616. The molecular formula is C15H22N4O2S. The summed E-state index contributed by atoms with van der Waals surface area (Å²) in [5.74, 6) is 1.55. The standard InChI is InChI=1S/C15H22N4O2S/c1-12-10-13(18-6-8-21-9-7-18)17-15(16-12)22-11-14(20)19-4-2-3-5-19/h10H,2-9,11H2,1H3. The van der Waals surface area contributed by atoms with Gasteiger partial charge in [0.05, 0.1) is 19.0 Å². The molecule has 0 spiro atoms. The minimum atomic E-state index is 0.195. The number of carbonyl (C=O) groups excluding carboxylic acids is 1. The SMILES string of the molecule is Cc1cc(N2CCOCC2)nc(SCC(=O)N2CCCC2)n1. The first-order valence-corrected chi connectivity index (χ1v) is 8.80. The molecule has 0 aromatic carbocycles. The van der Waals surface area contributed by atoms with Gasteiger partial charge in [-0.1, -0.05) is 11.8 Å². The molecule has 1 amide bonds. The summed E-state index contributed by atoms with van der Waals surface area (Å²) in [6.45, 7) is 6.94. The summed E-state index contributed by atoms with van der Waals surface area (Å²) in [4.78, 5) is 25.3. The Hall–Kier alpha value is -1.34. The van der Waals surface area contributed by atoms with E-state index in [1.165, 1.54) is 11.8 Å². The molecule has 1 aromatic heterocycles. The van der Waals surface area contributed by atoms with Crippen molar-refractivity contribution in [1.29, 1.82) is 0 Å². The van der Waals surface area contributed by atoms with Crippen LogP contribution in [0.1, 0.15) is 18.5 Å². The van der Waals surface area contributed by atoms with Gasteiger partial charge in [0.25, 0.3) is 0 Å². The highest BCUT2D eigenvalue weighted by Gasteiger charge is 2.19. The molecule has 0 N–H and O–H groups in total. The van der Waals surface area contributed by atoms with Crippen LogP contribution in [0, 0.1) is 6.92 Å². The van der Waals surface area contributed by atoms with E-state index >= 15 is 0 Å². The van der Waals surface area contributed by atoms with Gasteiger partial charge in [-0.3, -0.25) is 4.79 Å². The van der Waals surface area contributed by atoms with Crippen LogP contribution in [-0.4, -0.2) is 65.9 Å². The Morgan fingerprint density at radius 2 is 1.95 bits per heavy atom. The zero-order chi connectivity index (χ0) is 15.4. The lowest BCUT2D eigenvalue weighted by molar-refractivity contribution is -0.127. The number of ether oxygens (including phenoxy) is 1. The summed E-state index contributed by atoms with van der Waals surface area (Å²) in [7, 11) is 0. The minimum absolute atomic E-state index is 0.195. The van der Waals surface area contributed by atoms with Gasteiger partial charge in [-0.25, -0.2) is 9.97 Å². The van der Waals surface area contributed by atoms with Crippen LogP contribution in [0.4, 0.5) is 5.82 Å². The smallest absolute Gasteiger partial charge is 0.233 e. The third-order valence-corrected chi connectivity index (χ3v) is 4.77. The highest BCUT2D eigenvalue weighted by molar-refractivity contribution is 7.99. The molecule has 0 radical (unpaired) electrons. The van der Waals surface area contributed by atoms with Crippen LogP contribution in [-0.2, 0) is 9.53 Å². The van der Waals surface area contributed by atoms with E-state index in [4.69, 9.17) is 4.74 Å². The van der Waals surface area contributed by atoms with Crippen LogP contribution in [0.2, 0.25) is 0 Å². The van der Waals surface area contributed by atoms with Gasteiger partial charge in [0.15, 0.2) is 5.16 Å². The number of hydrogen-bond donors (Lipinski definition) is 0. The molecule has 0 aliphatic carbocycles. The predicted molar refractivity (Wildman–Crippen MR) is 86.3 cm³/mol. The topological polar surface area (TPSA) is 58.6 Å². The number of morpholine rings is 1. The second-order valence-corrected chi connectivity index (χ2v) is 6.57. The Morgan fingerprint density at radius 3 is 2.68 bits per heavy atom. The summed E-state index contributed by atoms with van der Waals surface area (Å²) < 4.78 is 5.38. The van der Waals surface area contributed by atoms with E-state index in [1.807, 2.05) is 17.9 Å². The van der Waals surface area contributed by atoms with Crippen molar-refractivity contribution in [3.8, 4) is 0 Å². The number of carbonyl (C=O) groups is 1. The molecule has 2 fully saturated rings. The first-order chi connectivity index (χ1) is 10.7. The van der Waals surface area contributed by atoms with Crippen molar-refractivity contribution in [2.24, 2.45) is 0 Å². The maximum Gasteiger partial charge on any atom is 0.233 e. The molecule has 1 aromatic rings. The Kier molecular flexibility index (Phi) is 5.15. The van der Waals surface area contributed by atoms with Gasteiger partial charge in [-0.15, -0.1) is 0 Å². The lowest BCUT2D eigenvalue weighted by Crippen LogP contribution is -2.37. The van der Waals surface area contributed by atoms with E-state index < -0.39 is 0 Å². The average Bonchev–Trinajstić information content (AvgIpc) is 3.07. The second kappa shape index (κ2) is 7.28. The van der Waals surface area contributed by atoms with Crippen molar-refractivity contribution < 1.29 is 9.53 Å². The van der Waals surface area contributed by atoms with Crippen molar-refractivity contribution >= 4 is 23.5 Å². The largest absolute Gasteiger partial charge is 0.378 e. The molecule has 2 saturated heterocycles. The number of anilines is 1. The van der Waals surface area contributed by atoms with Gasteiger partial charge in [-0.2, -0.15) is 0 Å². The molecule has 22 heavy (non-hydrogen) atoms. The number of nitrogens with zero attached hydrogens (tertiary/aromatic N) is 4. The van der Waals surface area contributed by atoms with Crippen LogP contribution in [0.5, 0.6) is 0 Å². The van der Waals surface area contributed by atoms with Gasteiger partial charge in [-0.05, 0) is 19.8 Å². The zero-order valence-electron chi connectivity index (χ0n) is 13.0. The van der Waals surface area contributed by atoms with E-state index in [1.54, 1.807) is 0 Å². The van der Waals surface area contributed by atoms with Crippen molar-refractivity contribution in [3.05, 3.63) is 11.8 Å². The fourth-order valence-electron chi connectivity index (χ4n) is 2.73. The van der Waals surface area contributed by atoms with Crippen molar-refractivity contribution in [2.45, 2.75) is 24.9 Å². The van der Waals surface area contributed by atoms with Gasteiger partial charge >= 0.3 is 0 Å². The molecule has 120 valence electrons. The summed E-state index contributed by atoms with van der Waals surface area (Å²) >= 11 is 1.44. The maximum absolute atomic E-state index is 12.1. The number of likely N-dealkylation sites (tertiary alicyclic amines) is 1. The molecule has 0 unspecified atom stereocenters. The second-order valence-electron chi connectivity index (χ2n) is 5.63. The van der Waals surface area contributed by atoms with Crippen molar-refractivity contribution in [2.75, 3.05) is 50.0 Å². The first kappa shape index (κ1) is 15.6. The predicted octanol–water partition coefficient (Wildman–Crippen LogP) is 1.34. The number of aryl methyl sites for hydroxylation is 1. The summed E-state index contributed by atoms with van der Waals surface area (Å²) in [6, 6.07) is 2.00. The summed E-state index contributed by atoms with van der Waals surface area (Å²) in [5, 5.41) is 0.689. The molecule has 2 aliphatic heterocycles. The molecule has 3 heterocycles. The van der Waals surface area contributed by atoms with Gasteiger partial charge in [0, 0.05) is 37.9 Å². The van der Waals surface area contributed by atoms with Gasteiger partial charge in [0.2, 0.25) is 5.91 Å². The average molecular weight is 322 g/mol. The normalized spacial score (nSPS) is 18.8. The van der Waals surface area contributed by atoms with Crippen LogP contribution in [0.25, 0.3) is 0 Å². The lowest BCUT2D eigenvalue weighted by atomic mass is 10.3. The number of rotatable bonds is 4. The van der Waals surface area contributed by atoms with E-state index in [9.17, 15) is 4.79 Å². The van der Waals surface area contributed by atoms with Crippen LogP contribution < -0.4 is 4.90 Å². The molecule has 6 nitrogen and oxygen atoms in total. The number of thioether (sulfide) groups is 1. The van der Waals surface area contributed by atoms with E-state index in [-0.39, 0.29) is 5.91 Å². The Bertz CT molecular complexity index is 528. The fourth-order valence-corrected chi connectivity index (χ4v) is 3.53. The molecular weight excluding hydrogens is 300 g/mol. The molecule has 2 aliphatic rings. The first-order valence-electron chi connectivity index (χ1n) is 7.81. The third-order valence-electron chi connectivity index (χ3n) is 3.94. The molecule has 7 heteroatoms. The molecule has 3 rings (SSSR count). The molecule has 0 saturated carbocycles. The van der Waals surface area contributed by atoms with Crippen LogP contribution in [0.15, 0.2) is 11.2 Å². The third kappa shape index (κ3) is 3.89. The van der Waals surface area contributed by atoms with E-state index in [0.717, 1.165) is 63.7 Å². The van der Waals surface area contributed by atoms with Gasteiger partial charge < -0.3 is 14.5 Å². The Labute approximate surface area is 135 Å². The maximum atomic E-state index is 12.1. The van der Waals surface area contributed by atoms with Crippen LogP contribution in [0.3, 0.4) is 0 Å². The highest BCUT2D eigenvalue weighted by Crippen LogP contribution is 2.21. The van der Waals surface area contributed by atoms with E-state index in [0.29, 0.717) is 10.9 Å².